The molecule has 0 radical (unpaired) electrons. The lowest BCUT2D eigenvalue weighted by Gasteiger charge is -2.24. The van der Waals surface area contributed by atoms with Crippen LogP contribution in [0.4, 0.5) is 5.82 Å². The van der Waals surface area contributed by atoms with Crippen LogP contribution in [0, 0.1) is 0 Å². The molecule has 1 amide bonds. The van der Waals surface area contributed by atoms with Gasteiger partial charge in [-0.25, -0.2) is 4.79 Å². The van der Waals surface area contributed by atoms with E-state index in [0.717, 1.165) is 11.1 Å². The number of anilines is 1. The molecule has 4 rings (SSSR count). The van der Waals surface area contributed by atoms with Crippen molar-refractivity contribution in [3.8, 4) is 11.4 Å². The SMILES string of the molecule is Cn1nc(-c2ccccn2)c2c1NC(=O)CC2c1cccc(C(=O)O)c1. The molecule has 7 heteroatoms. The van der Waals surface area contributed by atoms with Gasteiger partial charge in [-0.2, -0.15) is 5.10 Å². The Labute approximate surface area is 149 Å². The number of fused-ring (bicyclic) bond motifs is 1. The summed E-state index contributed by atoms with van der Waals surface area (Å²) in [4.78, 5) is 28.0. The van der Waals surface area contributed by atoms with Crippen LogP contribution < -0.4 is 5.32 Å². The van der Waals surface area contributed by atoms with E-state index in [-0.39, 0.29) is 23.8 Å². The number of carboxylic acids is 1. The Bertz CT molecular complexity index is 1010. The number of benzene rings is 1. The maximum atomic E-state index is 12.2. The molecule has 3 heterocycles. The second kappa shape index (κ2) is 6.11. The van der Waals surface area contributed by atoms with Gasteiger partial charge in [0.25, 0.3) is 0 Å². The average Bonchev–Trinajstić information content (AvgIpc) is 2.98. The third-order valence-corrected chi connectivity index (χ3v) is 4.52. The summed E-state index contributed by atoms with van der Waals surface area (Å²) < 4.78 is 1.63. The standard InChI is InChI=1S/C19H16N4O3/c1-23-18-16(17(22-23)14-7-2-3-8-20-14)13(10-15(24)21-18)11-5-4-6-12(9-11)19(25)26/h2-9,13H,10H2,1H3,(H,21,24)(H,25,26). The second-order valence-electron chi connectivity index (χ2n) is 6.18. The number of hydrogen-bond donors (Lipinski definition) is 2. The fraction of sp³-hybridized carbons (Fsp3) is 0.158. The molecule has 130 valence electrons. The highest BCUT2D eigenvalue weighted by atomic mass is 16.4. The van der Waals surface area contributed by atoms with Crippen LogP contribution in [0.15, 0.2) is 48.7 Å². The molecule has 1 atom stereocenters. The maximum Gasteiger partial charge on any atom is 0.335 e. The number of aromatic nitrogens is 3. The Morgan fingerprint density at radius 2 is 2.12 bits per heavy atom. The smallest absolute Gasteiger partial charge is 0.335 e. The quantitative estimate of drug-likeness (QED) is 0.758. The number of nitrogens with one attached hydrogen (secondary N) is 1. The number of pyridine rings is 1. The monoisotopic (exact) mass is 348 g/mol. The zero-order valence-electron chi connectivity index (χ0n) is 14.0. The van der Waals surface area contributed by atoms with Crippen molar-refractivity contribution in [3.05, 3.63) is 65.4 Å². The van der Waals surface area contributed by atoms with Gasteiger partial charge in [-0.05, 0) is 29.8 Å². The molecule has 2 N–H and O–H groups in total. The van der Waals surface area contributed by atoms with Gasteiger partial charge >= 0.3 is 5.97 Å². The normalized spacial score (nSPS) is 16.0. The van der Waals surface area contributed by atoms with Gasteiger partial charge in [-0.1, -0.05) is 18.2 Å². The first kappa shape index (κ1) is 16.0. The first-order valence-corrected chi connectivity index (χ1v) is 8.16. The van der Waals surface area contributed by atoms with Crippen LogP contribution in [-0.2, 0) is 11.8 Å². The highest BCUT2D eigenvalue weighted by Crippen LogP contribution is 2.42. The van der Waals surface area contributed by atoms with Crippen LogP contribution in [0.5, 0.6) is 0 Å². The van der Waals surface area contributed by atoms with Gasteiger partial charge in [-0.3, -0.25) is 14.5 Å². The Hall–Kier alpha value is -3.48. The Morgan fingerprint density at radius 3 is 2.85 bits per heavy atom. The summed E-state index contributed by atoms with van der Waals surface area (Å²) >= 11 is 0. The van der Waals surface area contributed by atoms with Crippen LogP contribution in [-0.4, -0.2) is 31.7 Å². The fourth-order valence-electron chi connectivity index (χ4n) is 3.35. The number of hydrogen-bond acceptors (Lipinski definition) is 4. The van der Waals surface area contributed by atoms with Crippen molar-refractivity contribution in [1.82, 2.24) is 14.8 Å². The molecule has 1 aliphatic heterocycles. The lowest BCUT2D eigenvalue weighted by Crippen LogP contribution is -2.24. The van der Waals surface area contributed by atoms with E-state index >= 15 is 0 Å². The van der Waals surface area contributed by atoms with Crippen molar-refractivity contribution in [2.45, 2.75) is 12.3 Å². The molecule has 0 bridgehead atoms. The number of aryl methyl sites for hydroxylation is 1. The highest BCUT2D eigenvalue weighted by molar-refractivity contribution is 5.96. The first-order chi connectivity index (χ1) is 12.5. The van der Waals surface area contributed by atoms with E-state index in [1.807, 2.05) is 24.3 Å². The molecule has 0 saturated heterocycles. The number of rotatable bonds is 3. The van der Waals surface area contributed by atoms with Crippen LogP contribution in [0.3, 0.4) is 0 Å². The molecule has 1 aromatic carbocycles. The molecule has 1 unspecified atom stereocenters. The van der Waals surface area contributed by atoms with Crippen molar-refractivity contribution in [3.63, 3.8) is 0 Å². The minimum Gasteiger partial charge on any atom is -0.478 e. The average molecular weight is 348 g/mol. The summed E-state index contributed by atoms with van der Waals surface area (Å²) in [5.41, 5.74) is 3.21. The van der Waals surface area contributed by atoms with Crippen molar-refractivity contribution >= 4 is 17.7 Å². The topological polar surface area (TPSA) is 97.1 Å². The Morgan fingerprint density at radius 1 is 1.27 bits per heavy atom. The highest BCUT2D eigenvalue weighted by Gasteiger charge is 2.33. The Balaban J connectivity index is 1.91. The molecular weight excluding hydrogens is 332 g/mol. The van der Waals surface area contributed by atoms with Crippen molar-refractivity contribution < 1.29 is 14.7 Å². The van der Waals surface area contributed by atoms with Gasteiger partial charge in [0.1, 0.15) is 11.5 Å². The lowest BCUT2D eigenvalue weighted by molar-refractivity contribution is -0.116. The van der Waals surface area contributed by atoms with Crippen LogP contribution in [0.2, 0.25) is 0 Å². The van der Waals surface area contributed by atoms with Gasteiger partial charge in [0.15, 0.2) is 0 Å². The molecule has 0 aliphatic carbocycles. The minimum atomic E-state index is -0.997. The van der Waals surface area contributed by atoms with Crippen molar-refractivity contribution in [2.24, 2.45) is 7.05 Å². The summed E-state index contributed by atoms with van der Waals surface area (Å²) in [7, 11) is 1.77. The fourth-order valence-corrected chi connectivity index (χ4v) is 3.35. The van der Waals surface area contributed by atoms with Crippen molar-refractivity contribution in [2.75, 3.05) is 5.32 Å². The summed E-state index contributed by atoms with van der Waals surface area (Å²) in [6.07, 6.45) is 1.92. The van der Waals surface area contributed by atoms with E-state index in [0.29, 0.717) is 17.2 Å². The van der Waals surface area contributed by atoms with E-state index in [2.05, 4.69) is 15.4 Å². The largest absolute Gasteiger partial charge is 0.478 e. The summed E-state index contributed by atoms with van der Waals surface area (Å²) in [6, 6.07) is 12.3. The van der Waals surface area contributed by atoms with Gasteiger partial charge in [-0.15, -0.1) is 0 Å². The van der Waals surface area contributed by atoms with Crippen LogP contribution in [0.25, 0.3) is 11.4 Å². The predicted octanol–water partition coefficient (Wildman–Crippen LogP) is 2.65. The summed E-state index contributed by atoms with van der Waals surface area (Å²) in [6.45, 7) is 0. The third kappa shape index (κ3) is 2.63. The van der Waals surface area contributed by atoms with E-state index < -0.39 is 5.97 Å². The second-order valence-corrected chi connectivity index (χ2v) is 6.18. The molecule has 0 spiro atoms. The molecule has 0 saturated carbocycles. The number of aromatic carboxylic acids is 1. The Kier molecular flexibility index (Phi) is 3.76. The molecule has 3 aromatic rings. The lowest BCUT2D eigenvalue weighted by atomic mass is 9.84. The predicted molar refractivity (Wildman–Crippen MR) is 94.9 cm³/mol. The molecule has 7 nitrogen and oxygen atoms in total. The molecule has 26 heavy (non-hydrogen) atoms. The van der Waals surface area contributed by atoms with Gasteiger partial charge in [0.2, 0.25) is 5.91 Å². The van der Waals surface area contributed by atoms with Crippen LogP contribution >= 0.6 is 0 Å². The van der Waals surface area contributed by atoms with E-state index in [1.54, 1.807) is 36.1 Å². The van der Waals surface area contributed by atoms with Gasteiger partial charge in [0.05, 0.1) is 11.3 Å². The maximum absolute atomic E-state index is 12.2. The van der Waals surface area contributed by atoms with Crippen LogP contribution in [0.1, 0.15) is 33.8 Å². The molecule has 2 aromatic heterocycles. The zero-order valence-corrected chi connectivity index (χ0v) is 14.0. The number of carbonyl (C=O) groups is 2. The molecule has 0 fully saturated rings. The van der Waals surface area contributed by atoms with Gasteiger partial charge < -0.3 is 10.4 Å². The third-order valence-electron chi connectivity index (χ3n) is 4.52. The summed E-state index contributed by atoms with van der Waals surface area (Å²) in [5, 5.41) is 16.7. The number of carbonyl (C=O) groups excluding carboxylic acids is 1. The van der Waals surface area contributed by atoms with E-state index in [9.17, 15) is 14.7 Å². The van der Waals surface area contributed by atoms with Gasteiger partial charge in [0, 0.05) is 31.1 Å². The zero-order chi connectivity index (χ0) is 18.3. The summed E-state index contributed by atoms with van der Waals surface area (Å²) in [5.74, 6) is -0.793. The molecular formula is C19H16N4O3. The number of carboxylic acid groups (broad SMARTS) is 1. The number of amides is 1. The van der Waals surface area contributed by atoms with Crippen molar-refractivity contribution in [1.29, 1.82) is 0 Å². The van der Waals surface area contributed by atoms with E-state index in [4.69, 9.17) is 0 Å². The number of nitrogens with zero attached hydrogens (tertiary/aromatic N) is 3. The molecule has 1 aliphatic rings. The van der Waals surface area contributed by atoms with E-state index in [1.165, 1.54) is 0 Å². The first-order valence-electron chi connectivity index (χ1n) is 8.16. The minimum absolute atomic E-state index is 0.126.